The van der Waals surface area contributed by atoms with Crippen molar-refractivity contribution >= 4 is 20.0 Å². The molecule has 0 fully saturated rings. The molecule has 0 unspecified atom stereocenters. The van der Waals surface area contributed by atoms with Crippen LogP contribution < -0.4 is 9.44 Å². The van der Waals surface area contributed by atoms with Gasteiger partial charge in [-0.1, -0.05) is 0 Å². The summed E-state index contributed by atoms with van der Waals surface area (Å²) in [4.78, 5) is -0.0397. The summed E-state index contributed by atoms with van der Waals surface area (Å²) in [5.41, 5.74) is 0. The predicted molar refractivity (Wildman–Crippen MR) is 66.1 cm³/mol. The van der Waals surface area contributed by atoms with E-state index in [4.69, 9.17) is 5.11 Å². The molecule has 18 heavy (non-hydrogen) atoms. The fourth-order valence-electron chi connectivity index (χ4n) is 1.12. The van der Waals surface area contributed by atoms with E-state index in [0.29, 0.717) is 0 Å². The number of phenolic OH excluding ortho intramolecular Hbond substituents is 1. The minimum Gasteiger partial charge on any atom is -0.508 e. The van der Waals surface area contributed by atoms with Crippen LogP contribution in [0.2, 0.25) is 0 Å². The number of benzene rings is 1. The average Bonchev–Trinajstić information content (AvgIpc) is 2.29. The molecule has 1 aromatic carbocycles. The van der Waals surface area contributed by atoms with Crippen molar-refractivity contribution in [3.8, 4) is 5.75 Å². The Labute approximate surface area is 106 Å². The van der Waals surface area contributed by atoms with Gasteiger partial charge in [0.05, 0.1) is 10.6 Å². The highest BCUT2D eigenvalue weighted by Gasteiger charge is 2.15. The lowest BCUT2D eigenvalue weighted by atomic mass is 10.3. The van der Waals surface area contributed by atoms with E-state index in [1.165, 1.54) is 31.3 Å². The first-order valence-corrected chi connectivity index (χ1v) is 8.10. The number of phenols is 1. The lowest BCUT2D eigenvalue weighted by Crippen LogP contribution is -2.32. The third-order valence-electron chi connectivity index (χ3n) is 2.12. The zero-order chi connectivity index (χ0) is 13.8. The smallest absolute Gasteiger partial charge is 0.240 e. The molecule has 1 rings (SSSR count). The topological polar surface area (TPSA) is 113 Å². The Balaban J connectivity index is 2.69. The molecule has 0 aliphatic heterocycles. The molecule has 0 bridgehead atoms. The molecule has 0 aromatic heterocycles. The lowest BCUT2D eigenvalue weighted by Gasteiger charge is -2.07. The third-order valence-corrected chi connectivity index (χ3v) is 4.96. The molecule has 1 aromatic rings. The van der Waals surface area contributed by atoms with Gasteiger partial charge >= 0.3 is 0 Å². The van der Waals surface area contributed by atoms with Gasteiger partial charge in [0, 0.05) is 6.54 Å². The van der Waals surface area contributed by atoms with E-state index in [-0.39, 0.29) is 22.9 Å². The van der Waals surface area contributed by atoms with Crippen molar-refractivity contribution in [3.63, 3.8) is 0 Å². The normalized spacial score (nSPS) is 12.5. The summed E-state index contributed by atoms with van der Waals surface area (Å²) in [5, 5.41) is 9.03. The molecule has 0 radical (unpaired) electrons. The van der Waals surface area contributed by atoms with Crippen LogP contribution in [0.5, 0.6) is 5.75 Å². The van der Waals surface area contributed by atoms with E-state index in [2.05, 4.69) is 9.44 Å². The van der Waals surface area contributed by atoms with E-state index >= 15 is 0 Å². The van der Waals surface area contributed by atoms with E-state index in [1.54, 1.807) is 0 Å². The van der Waals surface area contributed by atoms with Crippen LogP contribution in [0.4, 0.5) is 0 Å². The van der Waals surface area contributed by atoms with Gasteiger partial charge in [0.15, 0.2) is 0 Å². The largest absolute Gasteiger partial charge is 0.508 e. The molecule has 0 saturated heterocycles. The second-order valence-corrected chi connectivity index (χ2v) is 7.23. The molecule has 0 spiro atoms. The molecule has 9 heteroatoms. The van der Waals surface area contributed by atoms with Crippen molar-refractivity contribution in [2.45, 2.75) is 4.90 Å². The third kappa shape index (κ3) is 4.26. The maximum atomic E-state index is 11.7. The van der Waals surface area contributed by atoms with Crippen LogP contribution in [0.3, 0.4) is 0 Å². The molecule has 0 amide bonds. The molecule has 0 heterocycles. The van der Waals surface area contributed by atoms with Crippen LogP contribution in [-0.4, -0.2) is 41.3 Å². The zero-order valence-electron chi connectivity index (χ0n) is 9.62. The Morgan fingerprint density at radius 2 is 1.67 bits per heavy atom. The summed E-state index contributed by atoms with van der Waals surface area (Å²) < 4.78 is 49.8. The monoisotopic (exact) mass is 294 g/mol. The van der Waals surface area contributed by atoms with Gasteiger partial charge in [0.25, 0.3) is 0 Å². The number of nitrogens with one attached hydrogen (secondary N) is 2. The Bertz CT molecular complexity index is 592. The highest BCUT2D eigenvalue weighted by atomic mass is 32.2. The summed E-state index contributed by atoms with van der Waals surface area (Å²) in [6, 6.07) is 4.92. The number of rotatable bonds is 6. The SMILES string of the molecule is CNS(=O)(=O)CCNS(=O)(=O)c1ccc(O)cc1. The minimum atomic E-state index is -3.76. The van der Waals surface area contributed by atoms with Crippen LogP contribution in [0.15, 0.2) is 29.2 Å². The van der Waals surface area contributed by atoms with Crippen molar-refractivity contribution in [1.82, 2.24) is 9.44 Å². The first-order valence-electron chi connectivity index (χ1n) is 4.97. The Hall–Kier alpha value is -1.16. The number of aromatic hydroxyl groups is 1. The summed E-state index contributed by atoms with van der Waals surface area (Å²) >= 11 is 0. The molecular weight excluding hydrogens is 280 g/mol. The molecule has 0 atom stereocenters. The number of hydrogen-bond acceptors (Lipinski definition) is 5. The van der Waals surface area contributed by atoms with Crippen LogP contribution in [0, 0.1) is 0 Å². The van der Waals surface area contributed by atoms with Gasteiger partial charge in [0.1, 0.15) is 5.75 Å². The summed E-state index contributed by atoms with van der Waals surface area (Å²) in [5.74, 6) is -0.396. The van der Waals surface area contributed by atoms with Gasteiger partial charge in [-0.05, 0) is 31.3 Å². The quantitative estimate of drug-likeness (QED) is 0.637. The molecule has 0 aliphatic carbocycles. The molecular formula is C9H14N2O5S2. The van der Waals surface area contributed by atoms with Crippen LogP contribution in [0.1, 0.15) is 0 Å². The molecule has 102 valence electrons. The number of hydrogen-bond donors (Lipinski definition) is 3. The van der Waals surface area contributed by atoms with Crippen molar-refractivity contribution < 1.29 is 21.9 Å². The molecule has 0 aliphatic rings. The average molecular weight is 294 g/mol. The van der Waals surface area contributed by atoms with Gasteiger partial charge in [-0.15, -0.1) is 0 Å². The Kier molecular flexibility index (Phi) is 4.68. The van der Waals surface area contributed by atoms with Gasteiger partial charge < -0.3 is 5.11 Å². The van der Waals surface area contributed by atoms with Crippen molar-refractivity contribution in [2.75, 3.05) is 19.3 Å². The Morgan fingerprint density at radius 3 is 2.17 bits per heavy atom. The van der Waals surface area contributed by atoms with Gasteiger partial charge in [0.2, 0.25) is 20.0 Å². The van der Waals surface area contributed by atoms with Gasteiger partial charge in [-0.25, -0.2) is 26.3 Å². The fraction of sp³-hybridized carbons (Fsp3) is 0.333. The maximum Gasteiger partial charge on any atom is 0.240 e. The van der Waals surface area contributed by atoms with Crippen LogP contribution in [0.25, 0.3) is 0 Å². The van der Waals surface area contributed by atoms with E-state index in [9.17, 15) is 16.8 Å². The molecule has 7 nitrogen and oxygen atoms in total. The second-order valence-electron chi connectivity index (χ2n) is 3.41. The molecule has 0 saturated carbocycles. The second kappa shape index (κ2) is 5.65. The van der Waals surface area contributed by atoms with Crippen molar-refractivity contribution in [2.24, 2.45) is 0 Å². The number of sulfonamides is 2. The van der Waals surface area contributed by atoms with E-state index < -0.39 is 20.0 Å². The lowest BCUT2D eigenvalue weighted by molar-refractivity contribution is 0.474. The van der Waals surface area contributed by atoms with E-state index in [0.717, 1.165) is 0 Å². The van der Waals surface area contributed by atoms with Gasteiger partial charge in [-0.2, -0.15) is 0 Å². The summed E-state index contributed by atoms with van der Waals surface area (Å²) in [7, 11) is -5.96. The zero-order valence-corrected chi connectivity index (χ0v) is 11.3. The molecule has 3 N–H and O–H groups in total. The first kappa shape index (κ1) is 14.9. The van der Waals surface area contributed by atoms with Crippen LogP contribution in [-0.2, 0) is 20.0 Å². The minimum absolute atomic E-state index is 0.0397. The first-order chi connectivity index (χ1) is 8.27. The highest BCUT2D eigenvalue weighted by molar-refractivity contribution is 7.90. The predicted octanol–water partition coefficient (Wildman–Crippen LogP) is -0.780. The standard InChI is InChI=1S/C9H14N2O5S2/c1-10-17(13,14)7-6-11-18(15,16)9-4-2-8(12)3-5-9/h2-5,10-12H,6-7H2,1H3. The summed E-state index contributed by atoms with van der Waals surface area (Å²) in [6.07, 6.45) is 0. The van der Waals surface area contributed by atoms with Gasteiger partial charge in [-0.3, -0.25) is 0 Å². The summed E-state index contributed by atoms with van der Waals surface area (Å²) in [6.45, 7) is -0.230. The maximum absolute atomic E-state index is 11.7. The fourth-order valence-corrected chi connectivity index (χ4v) is 2.86. The van der Waals surface area contributed by atoms with Crippen molar-refractivity contribution in [1.29, 1.82) is 0 Å². The highest BCUT2D eigenvalue weighted by Crippen LogP contribution is 2.13. The van der Waals surface area contributed by atoms with E-state index in [1.807, 2.05) is 0 Å². The van der Waals surface area contributed by atoms with Crippen LogP contribution >= 0.6 is 0 Å². The Morgan fingerprint density at radius 1 is 1.11 bits per heavy atom. The van der Waals surface area contributed by atoms with Crippen molar-refractivity contribution in [3.05, 3.63) is 24.3 Å².